The van der Waals surface area contributed by atoms with Gasteiger partial charge in [-0.25, -0.2) is 4.98 Å². The lowest BCUT2D eigenvalue weighted by Crippen LogP contribution is -2.35. The number of amides is 1. The average molecular weight is 325 g/mol. The molecule has 0 saturated carbocycles. The Balaban J connectivity index is 1.91. The third-order valence-electron chi connectivity index (χ3n) is 3.19. The van der Waals surface area contributed by atoms with Gasteiger partial charge in [-0.2, -0.15) is 0 Å². The van der Waals surface area contributed by atoms with E-state index >= 15 is 0 Å². The molecule has 1 saturated heterocycles. The molecule has 5 heteroatoms. The highest BCUT2D eigenvalue weighted by molar-refractivity contribution is 9.10. The molecule has 94 valence electrons. The minimum Gasteiger partial charge on any atom is -0.338 e. The normalized spacial score (nSPS) is 16.2. The Morgan fingerprint density at radius 2 is 2.06 bits per heavy atom. The Hall–Kier alpha value is -0.940. The lowest BCUT2D eigenvalue weighted by atomic mass is 10.1. The summed E-state index contributed by atoms with van der Waals surface area (Å²) in [4.78, 5) is 20.4. The number of rotatable bonds is 1. The van der Waals surface area contributed by atoms with Gasteiger partial charge in [0.2, 0.25) is 0 Å². The average Bonchev–Trinajstić information content (AvgIpc) is 2.81. The number of piperidine rings is 1. The van der Waals surface area contributed by atoms with Crippen LogP contribution in [0.15, 0.2) is 22.8 Å². The molecule has 0 radical (unpaired) electrons. The second kappa shape index (κ2) is 4.97. The molecule has 3 heterocycles. The first-order valence-corrected chi connectivity index (χ1v) is 7.69. The molecule has 1 aliphatic heterocycles. The van der Waals surface area contributed by atoms with Gasteiger partial charge in [-0.1, -0.05) is 0 Å². The van der Waals surface area contributed by atoms with Crippen LogP contribution < -0.4 is 0 Å². The zero-order valence-electron chi connectivity index (χ0n) is 9.86. The van der Waals surface area contributed by atoms with E-state index in [9.17, 15) is 4.79 Å². The summed E-state index contributed by atoms with van der Waals surface area (Å²) in [6.45, 7) is 1.79. The predicted molar refractivity (Wildman–Crippen MR) is 77.1 cm³/mol. The lowest BCUT2D eigenvalue weighted by molar-refractivity contribution is 0.0729. The molecular weight excluding hydrogens is 312 g/mol. The molecule has 0 aliphatic carbocycles. The first-order chi connectivity index (χ1) is 8.74. The van der Waals surface area contributed by atoms with E-state index in [1.54, 1.807) is 6.20 Å². The Morgan fingerprint density at radius 3 is 2.83 bits per heavy atom. The Labute approximate surface area is 118 Å². The predicted octanol–water partition coefficient (Wildman–Crippen LogP) is 3.68. The Kier molecular flexibility index (Phi) is 3.35. The monoisotopic (exact) mass is 324 g/mol. The first kappa shape index (κ1) is 12.1. The summed E-state index contributed by atoms with van der Waals surface area (Å²) in [6, 6.07) is 3.96. The summed E-state index contributed by atoms with van der Waals surface area (Å²) in [7, 11) is 0. The first-order valence-electron chi connectivity index (χ1n) is 6.08. The van der Waals surface area contributed by atoms with Gasteiger partial charge >= 0.3 is 0 Å². The second-order valence-electron chi connectivity index (χ2n) is 4.51. The Bertz CT molecular complexity index is 590. The maximum atomic E-state index is 12.4. The molecule has 0 aromatic carbocycles. The van der Waals surface area contributed by atoms with Crippen LogP contribution in [0.5, 0.6) is 0 Å². The van der Waals surface area contributed by atoms with Crippen molar-refractivity contribution in [3.63, 3.8) is 0 Å². The summed E-state index contributed by atoms with van der Waals surface area (Å²) < 4.78 is 0.949. The summed E-state index contributed by atoms with van der Waals surface area (Å²) in [6.07, 6.45) is 5.26. The Morgan fingerprint density at radius 1 is 1.28 bits per heavy atom. The molecule has 1 aliphatic rings. The molecule has 18 heavy (non-hydrogen) atoms. The fourth-order valence-corrected chi connectivity index (χ4v) is 3.56. The highest BCUT2D eigenvalue weighted by Gasteiger charge is 2.20. The van der Waals surface area contributed by atoms with Crippen molar-refractivity contribution in [1.29, 1.82) is 0 Å². The molecule has 2 aromatic rings. The molecular formula is C13H13BrN2OS. The summed E-state index contributed by atoms with van der Waals surface area (Å²) in [5, 5.41) is 1.04. The molecule has 0 spiro atoms. The van der Waals surface area contributed by atoms with E-state index in [0.717, 1.165) is 45.5 Å². The number of likely N-dealkylation sites (tertiary alicyclic amines) is 1. The van der Waals surface area contributed by atoms with Crippen LogP contribution in [-0.4, -0.2) is 28.9 Å². The van der Waals surface area contributed by atoms with E-state index in [1.807, 2.05) is 17.0 Å². The van der Waals surface area contributed by atoms with Crippen LogP contribution in [0.2, 0.25) is 0 Å². The maximum absolute atomic E-state index is 12.4. The van der Waals surface area contributed by atoms with Crippen molar-refractivity contribution in [2.45, 2.75) is 19.3 Å². The summed E-state index contributed by atoms with van der Waals surface area (Å²) in [5.74, 6) is 0.161. The van der Waals surface area contributed by atoms with Crippen molar-refractivity contribution in [3.8, 4) is 0 Å². The number of thiophene rings is 1. The third-order valence-corrected chi connectivity index (χ3v) is 4.67. The number of hydrogen-bond donors (Lipinski definition) is 0. The van der Waals surface area contributed by atoms with E-state index in [1.165, 1.54) is 17.8 Å². The van der Waals surface area contributed by atoms with E-state index < -0.39 is 0 Å². The van der Waals surface area contributed by atoms with Crippen LogP contribution in [0.25, 0.3) is 10.2 Å². The molecule has 2 aromatic heterocycles. The SMILES string of the molecule is O=C(c1cc2cc(Br)cnc2s1)N1CCCCC1. The minimum atomic E-state index is 0.161. The number of carbonyl (C=O) groups excluding carboxylic acids is 1. The van der Waals surface area contributed by atoms with Gasteiger partial charge in [0.25, 0.3) is 5.91 Å². The van der Waals surface area contributed by atoms with Crippen LogP contribution in [-0.2, 0) is 0 Å². The van der Waals surface area contributed by atoms with Crippen LogP contribution in [0.1, 0.15) is 28.9 Å². The van der Waals surface area contributed by atoms with E-state index in [0.29, 0.717) is 0 Å². The molecule has 0 unspecified atom stereocenters. The van der Waals surface area contributed by atoms with E-state index in [4.69, 9.17) is 0 Å². The second-order valence-corrected chi connectivity index (χ2v) is 6.46. The largest absolute Gasteiger partial charge is 0.338 e. The topological polar surface area (TPSA) is 33.2 Å². The van der Waals surface area contributed by atoms with Gasteiger partial charge < -0.3 is 4.90 Å². The van der Waals surface area contributed by atoms with Gasteiger partial charge in [-0.05, 0) is 47.3 Å². The smallest absolute Gasteiger partial charge is 0.264 e. The molecule has 1 fully saturated rings. The highest BCUT2D eigenvalue weighted by Crippen LogP contribution is 2.27. The highest BCUT2D eigenvalue weighted by atomic mass is 79.9. The summed E-state index contributed by atoms with van der Waals surface area (Å²) in [5.41, 5.74) is 0. The van der Waals surface area contributed by atoms with Crippen molar-refractivity contribution in [2.24, 2.45) is 0 Å². The molecule has 0 atom stereocenters. The van der Waals surface area contributed by atoms with E-state index in [-0.39, 0.29) is 5.91 Å². The van der Waals surface area contributed by atoms with Crippen LogP contribution in [0.4, 0.5) is 0 Å². The molecule has 1 amide bonds. The van der Waals surface area contributed by atoms with Crippen molar-refractivity contribution in [1.82, 2.24) is 9.88 Å². The zero-order valence-corrected chi connectivity index (χ0v) is 12.3. The molecule has 0 N–H and O–H groups in total. The van der Waals surface area contributed by atoms with Crippen molar-refractivity contribution >= 4 is 43.4 Å². The maximum Gasteiger partial charge on any atom is 0.264 e. The quantitative estimate of drug-likeness (QED) is 0.801. The van der Waals surface area contributed by atoms with Crippen LogP contribution >= 0.6 is 27.3 Å². The van der Waals surface area contributed by atoms with Gasteiger partial charge in [0, 0.05) is 29.1 Å². The number of hydrogen-bond acceptors (Lipinski definition) is 3. The fraction of sp³-hybridized carbons (Fsp3) is 0.385. The van der Waals surface area contributed by atoms with Crippen LogP contribution in [0.3, 0.4) is 0 Å². The van der Waals surface area contributed by atoms with Crippen molar-refractivity contribution in [2.75, 3.05) is 13.1 Å². The van der Waals surface area contributed by atoms with Crippen molar-refractivity contribution in [3.05, 3.63) is 27.7 Å². The van der Waals surface area contributed by atoms with E-state index in [2.05, 4.69) is 20.9 Å². The number of aromatic nitrogens is 1. The third kappa shape index (κ3) is 2.29. The zero-order chi connectivity index (χ0) is 12.5. The lowest BCUT2D eigenvalue weighted by Gasteiger charge is -2.26. The van der Waals surface area contributed by atoms with Crippen LogP contribution in [0, 0.1) is 0 Å². The van der Waals surface area contributed by atoms with Crippen molar-refractivity contribution < 1.29 is 4.79 Å². The standard InChI is InChI=1S/C13H13BrN2OS/c14-10-6-9-7-11(18-12(9)15-8-10)13(17)16-4-2-1-3-5-16/h6-8H,1-5H2. The van der Waals surface area contributed by atoms with Gasteiger partial charge in [0.1, 0.15) is 4.83 Å². The molecule has 3 nitrogen and oxygen atoms in total. The fourth-order valence-electron chi connectivity index (χ4n) is 2.26. The number of pyridine rings is 1. The molecule has 0 bridgehead atoms. The molecule has 3 rings (SSSR count). The summed E-state index contributed by atoms with van der Waals surface area (Å²) >= 11 is 4.89. The number of halogens is 1. The van der Waals surface area contributed by atoms with Gasteiger partial charge in [-0.3, -0.25) is 4.79 Å². The van der Waals surface area contributed by atoms with Gasteiger partial charge in [0.15, 0.2) is 0 Å². The minimum absolute atomic E-state index is 0.161. The van der Waals surface area contributed by atoms with Gasteiger partial charge in [0.05, 0.1) is 4.88 Å². The number of nitrogens with zero attached hydrogens (tertiary/aromatic N) is 2. The number of fused-ring (bicyclic) bond motifs is 1. The van der Waals surface area contributed by atoms with Gasteiger partial charge in [-0.15, -0.1) is 11.3 Å². The number of carbonyl (C=O) groups is 1.